The Labute approximate surface area is 74.7 Å². The second-order valence-corrected chi connectivity index (χ2v) is 3.06. The Kier molecular flexibility index (Phi) is 12.3. The third-order valence-corrected chi connectivity index (χ3v) is 1.72. The van der Waals surface area contributed by atoms with Crippen molar-refractivity contribution in [2.24, 2.45) is 0 Å². The molecule has 4 N–H and O–H groups in total. The zero-order valence-corrected chi connectivity index (χ0v) is 8.49. The summed E-state index contributed by atoms with van der Waals surface area (Å²) in [5.74, 6) is 0. The van der Waals surface area contributed by atoms with E-state index in [-0.39, 0.29) is 11.3 Å². The summed E-state index contributed by atoms with van der Waals surface area (Å²) in [6, 6.07) is 0. The first-order valence-corrected chi connectivity index (χ1v) is 4.44. The first-order valence-electron chi connectivity index (χ1n) is 3.99. The van der Waals surface area contributed by atoms with Gasteiger partial charge in [-0.3, -0.25) is 4.79 Å². The van der Waals surface area contributed by atoms with Crippen LogP contribution in [0, 0.1) is 0 Å². The molecule has 0 heterocycles. The minimum absolute atomic E-state index is 0. The lowest BCUT2D eigenvalue weighted by atomic mass is 10.1. The van der Waals surface area contributed by atoms with E-state index in [0.29, 0.717) is 6.42 Å². The Morgan fingerprint density at radius 3 is 2.18 bits per heavy atom. The van der Waals surface area contributed by atoms with Gasteiger partial charge < -0.3 is 6.15 Å². The summed E-state index contributed by atoms with van der Waals surface area (Å²) < 4.78 is 0. The zero-order chi connectivity index (χ0) is 7.82. The number of quaternary nitrogens is 1. The number of hydrogen-bond donors (Lipinski definition) is 2. The van der Waals surface area contributed by atoms with Crippen molar-refractivity contribution in [3.8, 4) is 0 Å². The third kappa shape index (κ3) is 13.0. The van der Waals surface area contributed by atoms with Crippen LogP contribution in [0.1, 0.15) is 45.4 Å². The Morgan fingerprint density at radius 2 is 1.73 bits per heavy atom. The van der Waals surface area contributed by atoms with Crippen LogP contribution in [0.3, 0.4) is 0 Å². The molecule has 0 aromatic rings. The Bertz CT molecular complexity index is 96.1. The number of rotatable bonds is 6. The number of carbonyl (C=O) groups excluding carboxylic acids is 1. The van der Waals surface area contributed by atoms with Gasteiger partial charge in [0.2, 0.25) is 0 Å². The van der Waals surface area contributed by atoms with E-state index in [2.05, 4.69) is 19.6 Å². The normalized spacial score (nSPS) is 8.91. The van der Waals surface area contributed by atoms with E-state index in [4.69, 9.17) is 0 Å². The highest BCUT2D eigenvalue weighted by Gasteiger charge is 1.93. The van der Waals surface area contributed by atoms with Gasteiger partial charge in [-0.15, -0.1) is 12.6 Å². The van der Waals surface area contributed by atoms with Gasteiger partial charge in [0.1, 0.15) is 0 Å². The van der Waals surface area contributed by atoms with Crippen molar-refractivity contribution in [2.45, 2.75) is 45.4 Å². The largest absolute Gasteiger partial charge is 0.369 e. The van der Waals surface area contributed by atoms with Gasteiger partial charge in [0.15, 0.2) is 5.12 Å². The highest BCUT2D eigenvalue weighted by atomic mass is 32.1. The molecule has 0 fully saturated rings. The Morgan fingerprint density at radius 1 is 1.18 bits per heavy atom. The predicted octanol–water partition coefficient (Wildman–Crippen LogP) is 3.18. The summed E-state index contributed by atoms with van der Waals surface area (Å²) in [5, 5.41) is 0.0245. The lowest BCUT2D eigenvalue weighted by Gasteiger charge is -1.95. The molecule has 0 aliphatic heterocycles. The van der Waals surface area contributed by atoms with Crippen molar-refractivity contribution >= 4 is 17.7 Å². The predicted molar refractivity (Wildman–Crippen MR) is 53.4 cm³/mol. The van der Waals surface area contributed by atoms with Crippen molar-refractivity contribution in [1.29, 1.82) is 0 Å². The third-order valence-electron chi connectivity index (χ3n) is 1.49. The molecule has 0 radical (unpaired) electrons. The molecular formula is C8H20NOS+. The maximum Gasteiger partial charge on any atom is 0.185 e. The van der Waals surface area contributed by atoms with E-state index in [1.54, 1.807) is 0 Å². The minimum Gasteiger partial charge on any atom is -0.369 e. The molecule has 0 atom stereocenters. The van der Waals surface area contributed by atoms with Crippen LogP contribution in [0.4, 0.5) is 0 Å². The van der Waals surface area contributed by atoms with Gasteiger partial charge in [0, 0.05) is 6.42 Å². The summed E-state index contributed by atoms with van der Waals surface area (Å²) in [4.78, 5) is 10.3. The number of carbonyl (C=O) groups is 1. The van der Waals surface area contributed by atoms with Gasteiger partial charge in [-0.2, -0.15) is 0 Å². The molecule has 0 unspecified atom stereocenters. The summed E-state index contributed by atoms with van der Waals surface area (Å²) in [6.45, 7) is 2.18. The van der Waals surface area contributed by atoms with Gasteiger partial charge in [-0.25, -0.2) is 0 Å². The molecule has 0 saturated heterocycles. The maximum absolute atomic E-state index is 10.3. The van der Waals surface area contributed by atoms with Crippen molar-refractivity contribution in [3.05, 3.63) is 0 Å². The fourth-order valence-electron chi connectivity index (χ4n) is 0.880. The molecular weight excluding hydrogens is 158 g/mol. The fourth-order valence-corrected chi connectivity index (χ4v) is 1.04. The van der Waals surface area contributed by atoms with Gasteiger partial charge >= 0.3 is 0 Å². The van der Waals surface area contributed by atoms with E-state index in [0.717, 1.165) is 6.42 Å². The van der Waals surface area contributed by atoms with E-state index in [1.807, 2.05) is 0 Å². The molecule has 0 aliphatic carbocycles. The van der Waals surface area contributed by atoms with Crippen molar-refractivity contribution in [3.63, 3.8) is 0 Å². The second kappa shape index (κ2) is 9.98. The lowest BCUT2D eigenvalue weighted by molar-refractivity contribution is -0.110. The van der Waals surface area contributed by atoms with Gasteiger partial charge in [0.25, 0.3) is 0 Å². The molecule has 0 aromatic carbocycles. The molecule has 0 bridgehead atoms. The second-order valence-electron chi connectivity index (χ2n) is 2.56. The fraction of sp³-hybridized carbons (Fsp3) is 0.875. The number of hydrogen-bond acceptors (Lipinski definition) is 1. The van der Waals surface area contributed by atoms with Crippen LogP contribution >= 0.6 is 12.6 Å². The SMILES string of the molecule is CCCCCCCC(=O)S.[NH4+]. The van der Waals surface area contributed by atoms with Crippen LogP contribution in [0.2, 0.25) is 0 Å². The highest BCUT2D eigenvalue weighted by Crippen LogP contribution is 2.05. The monoisotopic (exact) mass is 178 g/mol. The standard InChI is InChI=1S/C8H16OS.H3N/c1-2-3-4-5-6-7-8(9)10;/h2-7H2,1H3,(H,9,10);1H3/p+1. The van der Waals surface area contributed by atoms with Crippen LogP contribution in [0.15, 0.2) is 0 Å². The Hall–Kier alpha value is -0.0200. The van der Waals surface area contributed by atoms with E-state index >= 15 is 0 Å². The molecule has 0 spiro atoms. The van der Waals surface area contributed by atoms with Crippen LogP contribution < -0.4 is 6.15 Å². The van der Waals surface area contributed by atoms with E-state index in [1.165, 1.54) is 25.7 Å². The summed E-state index contributed by atoms with van der Waals surface area (Å²) in [6.07, 6.45) is 6.66. The molecule has 3 heteroatoms. The number of unbranched alkanes of at least 4 members (excludes halogenated alkanes) is 4. The quantitative estimate of drug-likeness (QED) is 0.476. The van der Waals surface area contributed by atoms with Crippen molar-refractivity contribution in [2.75, 3.05) is 0 Å². The average Bonchev–Trinajstić information content (AvgIpc) is 1.87. The maximum atomic E-state index is 10.3. The topological polar surface area (TPSA) is 53.6 Å². The van der Waals surface area contributed by atoms with Crippen molar-refractivity contribution < 1.29 is 4.79 Å². The van der Waals surface area contributed by atoms with Crippen LogP contribution in [-0.2, 0) is 4.79 Å². The molecule has 0 saturated carbocycles. The summed E-state index contributed by atoms with van der Waals surface area (Å²) in [7, 11) is 0. The summed E-state index contributed by atoms with van der Waals surface area (Å²) in [5.41, 5.74) is 0. The van der Waals surface area contributed by atoms with Gasteiger partial charge in [-0.05, 0) is 6.42 Å². The van der Waals surface area contributed by atoms with E-state index in [9.17, 15) is 4.79 Å². The lowest BCUT2D eigenvalue weighted by Crippen LogP contribution is -1.85. The van der Waals surface area contributed by atoms with Crippen LogP contribution in [0.5, 0.6) is 0 Å². The molecule has 0 amide bonds. The Balaban J connectivity index is 0. The molecule has 68 valence electrons. The van der Waals surface area contributed by atoms with Crippen molar-refractivity contribution in [1.82, 2.24) is 6.15 Å². The molecule has 11 heavy (non-hydrogen) atoms. The molecule has 0 aromatic heterocycles. The average molecular weight is 178 g/mol. The highest BCUT2D eigenvalue weighted by molar-refractivity contribution is 7.96. The summed E-state index contributed by atoms with van der Waals surface area (Å²) >= 11 is 3.68. The van der Waals surface area contributed by atoms with Crippen LogP contribution in [0.25, 0.3) is 0 Å². The zero-order valence-electron chi connectivity index (χ0n) is 7.60. The van der Waals surface area contributed by atoms with Crippen LogP contribution in [-0.4, -0.2) is 5.12 Å². The van der Waals surface area contributed by atoms with E-state index < -0.39 is 0 Å². The molecule has 0 rings (SSSR count). The first kappa shape index (κ1) is 13.6. The first-order chi connectivity index (χ1) is 4.77. The minimum atomic E-state index is 0. The number of thiol groups is 1. The van der Waals surface area contributed by atoms with Gasteiger partial charge in [-0.1, -0.05) is 32.6 Å². The molecule has 2 nitrogen and oxygen atoms in total. The molecule has 0 aliphatic rings. The van der Waals surface area contributed by atoms with Gasteiger partial charge in [0.05, 0.1) is 0 Å². The smallest absolute Gasteiger partial charge is 0.185 e.